The van der Waals surface area contributed by atoms with Gasteiger partial charge in [-0.3, -0.25) is 4.79 Å². The van der Waals surface area contributed by atoms with E-state index in [0.717, 1.165) is 12.1 Å². The van der Waals surface area contributed by atoms with Crippen molar-refractivity contribution in [2.24, 2.45) is 0 Å². The number of anilines is 1. The van der Waals surface area contributed by atoms with Crippen molar-refractivity contribution >= 4 is 11.6 Å². The molecule has 1 amide bonds. The first-order valence-electron chi connectivity index (χ1n) is 7.70. The largest absolute Gasteiger partial charge is 0.319 e. The van der Waals surface area contributed by atoms with E-state index in [4.69, 9.17) is 0 Å². The molecule has 0 bridgehead atoms. The maximum Gasteiger partial charge on any atom is 0.259 e. The number of nitrogens with one attached hydrogen (secondary N) is 2. The van der Waals surface area contributed by atoms with E-state index in [1.807, 2.05) is 19.9 Å². The molecule has 0 fully saturated rings. The normalized spacial score (nSPS) is 13.7. The highest BCUT2D eigenvalue weighted by atomic mass is 19.1. The van der Waals surface area contributed by atoms with Gasteiger partial charge in [0.15, 0.2) is 0 Å². The lowest BCUT2D eigenvalue weighted by Crippen LogP contribution is -2.25. The zero-order valence-electron chi connectivity index (χ0n) is 13.2. The van der Waals surface area contributed by atoms with Crippen molar-refractivity contribution in [2.45, 2.75) is 32.7 Å². The maximum atomic E-state index is 14.6. The smallest absolute Gasteiger partial charge is 0.259 e. The summed E-state index contributed by atoms with van der Waals surface area (Å²) in [5.41, 5.74) is 2.85. The molecule has 1 aromatic carbocycles. The van der Waals surface area contributed by atoms with Gasteiger partial charge in [0.2, 0.25) is 0 Å². The summed E-state index contributed by atoms with van der Waals surface area (Å²) in [6.07, 6.45) is 3.51. The number of nitrogens with zero attached hydrogens (tertiary/aromatic N) is 2. The van der Waals surface area contributed by atoms with Crippen LogP contribution >= 0.6 is 0 Å². The lowest BCUT2D eigenvalue weighted by molar-refractivity contribution is 0.102. The van der Waals surface area contributed by atoms with E-state index in [9.17, 15) is 9.18 Å². The van der Waals surface area contributed by atoms with Gasteiger partial charge in [0, 0.05) is 12.7 Å². The van der Waals surface area contributed by atoms with E-state index in [0.29, 0.717) is 29.8 Å². The van der Waals surface area contributed by atoms with E-state index >= 15 is 0 Å². The van der Waals surface area contributed by atoms with E-state index in [1.54, 1.807) is 6.07 Å². The van der Waals surface area contributed by atoms with Gasteiger partial charge >= 0.3 is 0 Å². The molecule has 0 radical (unpaired) electrons. The molecule has 2 aromatic rings. The van der Waals surface area contributed by atoms with Gasteiger partial charge in [-0.2, -0.15) is 0 Å². The Kier molecular flexibility index (Phi) is 4.34. The van der Waals surface area contributed by atoms with Crippen LogP contribution in [0, 0.1) is 5.82 Å². The standard InChI is InChI=1S/C17H19FN4O/c1-10(2)16-13(8-20-9-21-16)17(23)22-14-4-3-11-7-19-6-5-12(11)15(14)18/h3-4,8-10,19H,5-7H2,1-2H3,(H,22,23). The molecule has 5 nitrogen and oxygen atoms in total. The van der Waals surface area contributed by atoms with Gasteiger partial charge in [0.1, 0.15) is 12.1 Å². The summed E-state index contributed by atoms with van der Waals surface area (Å²) < 4.78 is 14.6. The van der Waals surface area contributed by atoms with Crippen LogP contribution in [-0.2, 0) is 13.0 Å². The average Bonchev–Trinajstić information content (AvgIpc) is 2.57. The molecule has 0 saturated carbocycles. The quantitative estimate of drug-likeness (QED) is 0.914. The van der Waals surface area contributed by atoms with Gasteiger partial charge in [-0.05, 0) is 36.1 Å². The van der Waals surface area contributed by atoms with Gasteiger partial charge in [-0.25, -0.2) is 14.4 Å². The summed E-state index contributed by atoms with van der Waals surface area (Å²) in [4.78, 5) is 20.6. The maximum absolute atomic E-state index is 14.6. The van der Waals surface area contributed by atoms with Gasteiger partial charge in [-0.15, -0.1) is 0 Å². The minimum atomic E-state index is -0.387. The Morgan fingerprint density at radius 1 is 1.39 bits per heavy atom. The van der Waals surface area contributed by atoms with E-state index in [1.165, 1.54) is 12.5 Å². The van der Waals surface area contributed by atoms with Gasteiger partial charge < -0.3 is 10.6 Å². The fraction of sp³-hybridized carbons (Fsp3) is 0.353. The summed E-state index contributed by atoms with van der Waals surface area (Å²) in [7, 11) is 0. The Bertz CT molecular complexity index is 745. The van der Waals surface area contributed by atoms with Crippen molar-refractivity contribution in [1.82, 2.24) is 15.3 Å². The average molecular weight is 314 g/mol. The van der Waals surface area contributed by atoms with Crippen molar-refractivity contribution in [3.63, 3.8) is 0 Å². The van der Waals surface area contributed by atoms with Crippen molar-refractivity contribution in [3.05, 3.63) is 52.9 Å². The summed E-state index contributed by atoms with van der Waals surface area (Å²) >= 11 is 0. The SMILES string of the molecule is CC(C)c1ncncc1C(=O)Nc1ccc2c(c1F)CCNC2. The number of hydrogen-bond acceptors (Lipinski definition) is 4. The van der Waals surface area contributed by atoms with Gasteiger partial charge in [0.25, 0.3) is 5.91 Å². The third-order valence-electron chi connectivity index (χ3n) is 3.99. The van der Waals surface area contributed by atoms with Crippen LogP contribution in [0.15, 0.2) is 24.7 Å². The lowest BCUT2D eigenvalue weighted by Gasteiger charge is -2.19. The van der Waals surface area contributed by atoms with Crippen LogP contribution in [0.1, 0.15) is 46.9 Å². The molecular weight excluding hydrogens is 295 g/mol. The van der Waals surface area contributed by atoms with Crippen LogP contribution < -0.4 is 10.6 Å². The molecule has 0 unspecified atom stereocenters. The van der Waals surface area contributed by atoms with Crippen LogP contribution in [0.5, 0.6) is 0 Å². The van der Waals surface area contributed by atoms with Crippen molar-refractivity contribution in [1.29, 1.82) is 0 Å². The monoisotopic (exact) mass is 314 g/mol. The summed E-state index contributed by atoms with van der Waals surface area (Å²) in [6, 6.07) is 3.46. The first-order chi connectivity index (χ1) is 11.1. The number of aromatic nitrogens is 2. The predicted octanol–water partition coefficient (Wildman–Crippen LogP) is 2.64. The highest BCUT2D eigenvalue weighted by Crippen LogP contribution is 2.25. The first kappa shape index (κ1) is 15.6. The summed E-state index contributed by atoms with van der Waals surface area (Å²) in [6.45, 7) is 5.30. The van der Waals surface area contributed by atoms with Crippen molar-refractivity contribution < 1.29 is 9.18 Å². The lowest BCUT2D eigenvalue weighted by atomic mass is 9.99. The number of halogens is 1. The topological polar surface area (TPSA) is 66.9 Å². The first-order valence-corrected chi connectivity index (χ1v) is 7.70. The van der Waals surface area contributed by atoms with Crippen LogP contribution in [0.4, 0.5) is 10.1 Å². The molecule has 0 saturated heterocycles. The Hall–Kier alpha value is -2.34. The Morgan fingerprint density at radius 3 is 3.00 bits per heavy atom. The van der Waals surface area contributed by atoms with Crippen LogP contribution in [0.3, 0.4) is 0 Å². The van der Waals surface area contributed by atoms with Crippen molar-refractivity contribution in [3.8, 4) is 0 Å². The molecule has 0 atom stereocenters. The second-order valence-electron chi connectivity index (χ2n) is 5.92. The number of hydrogen-bond donors (Lipinski definition) is 2. The highest BCUT2D eigenvalue weighted by molar-refractivity contribution is 6.05. The summed E-state index contributed by atoms with van der Waals surface area (Å²) in [5, 5.41) is 5.86. The molecule has 120 valence electrons. The molecule has 1 aliphatic rings. The third kappa shape index (κ3) is 3.07. The van der Waals surface area contributed by atoms with Crippen molar-refractivity contribution in [2.75, 3.05) is 11.9 Å². The highest BCUT2D eigenvalue weighted by Gasteiger charge is 2.20. The number of carbonyl (C=O) groups excluding carboxylic acids is 1. The molecule has 1 aliphatic heterocycles. The van der Waals surface area contributed by atoms with Crippen LogP contribution in [0.25, 0.3) is 0 Å². The van der Waals surface area contributed by atoms with Gasteiger partial charge in [-0.1, -0.05) is 19.9 Å². The number of rotatable bonds is 3. The number of fused-ring (bicyclic) bond motifs is 1. The molecular formula is C17H19FN4O. The van der Waals surface area contributed by atoms with E-state index in [2.05, 4.69) is 20.6 Å². The van der Waals surface area contributed by atoms with E-state index in [-0.39, 0.29) is 23.3 Å². The molecule has 6 heteroatoms. The Labute approximate surface area is 134 Å². The predicted molar refractivity (Wildman–Crippen MR) is 85.9 cm³/mol. The number of carbonyl (C=O) groups is 1. The molecule has 0 spiro atoms. The zero-order valence-corrected chi connectivity index (χ0v) is 13.2. The van der Waals surface area contributed by atoms with Gasteiger partial charge in [0.05, 0.1) is 16.9 Å². The Balaban J connectivity index is 1.89. The molecule has 2 heterocycles. The second kappa shape index (κ2) is 6.42. The molecule has 2 N–H and O–H groups in total. The van der Waals surface area contributed by atoms with E-state index < -0.39 is 0 Å². The minimum Gasteiger partial charge on any atom is -0.319 e. The minimum absolute atomic E-state index is 0.0817. The third-order valence-corrected chi connectivity index (χ3v) is 3.99. The Morgan fingerprint density at radius 2 is 2.22 bits per heavy atom. The fourth-order valence-corrected chi connectivity index (χ4v) is 2.79. The van der Waals surface area contributed by atoms with Crippen LogP contribution in [0.2, 0.25) is 0 Å². The molecule has 1 aromatic heterocycles. The fourth-order valence-electron chi connectivity index (χ4n) is 2.79. The second-order valence-corrected chi connectivity index (χ2v) is 5.92. The zero-order chi connectivity index (χ0) is 16.4. The summed E-state index contributed by atoms with van der Waals surface area (Å²) in [5.74, 6) is -0.652. The molecule has 23 heavy (non-hydrogen) atoms. The molecule has 3 rings (SSSR count). The number of amides is 1. The van der Waals surface area contributed by atoms with Crippen LogP contribution in [-0.4, -0.2) is 22.4 Å². The number of benzene rings is 1. The molecule has 0 aliphatic carbocycles.